The minimum atomic E-state index is -3.89. The number of carbonyl (C=O) groups excluding carboxylic acids is 5. The molecule has 0 bridgehead atoms. The fourth-order valence-corrected chi connectivity index (χ4v) is 9.22. The number of ether oxygens (including phenoxy) is 2. The van der Waals surface area contributed by atoms with Crippen LogP contribution in [0.1, 0.15) is 94.6 Å². The van der Waals surface area contributed by atoms with Crippen molar-refractivity contribution in [3.63, 3.8) is 0 Å². The Bertz CT molecular complexity index is 1670. The first kappa shape index (κ1) is 35.3. The number of amides is 5. The van der Waals surface area contributed by atoms with Gasteiger partial charge in [-0.1, -0.05) is 49.3 Å². The second-order valence-corrected chi connectivity index (χ2v) is 16.9. The van der Waals surface area contributed by atoms with Crippen molar-refractivity contribution < 1.29 is 41.9 Å². The Hall–Kier alpha value is -4.14. The Kier molecular flexibility index (Phi) is 10.0. The topological polar surface area (TPSA) is 181 Å². The number of alkyl carbamates (subject to hydrolysis) is 1. The summed E-state index contributed by atoms with van der Waals surface area (Å²) in [4.78, 5) is 71.4. The minimum Gasteiger partial charge on any atom is -0.446 e. The van der Waals surface area contributed by atoms with Crippen molar-refractivity contribution in [2.45, 2.75) is 132 Å². The number of fused-ring (bicyclic) bond motifs is 3. The second-order valence-electron chi connectivity index (χ2n) is 14.9. The maximum Gasteiger partial charge on any atom is 0.410 e. The molecular weight excluding hydrogens is 678 g/mol. The third kappa shape index (κ3) is 7.87. The average molecular weight is 726 g/mol. The van der Waals surface area contributed by atoms with E-state index in [9.17, 15) is 32.4 Å². The van der Waals surface area contributed by atoms with Crippen LogP contribution >= 0.6 is 0 Å². The lowest BCUT2D eigenvalue weighted by Gasteiger charge is -2.30. The van der Waals surface area contributed by atoms with E-state index in [-0.39, 0.29) is 25.5 Å². The molecule has 0 spiro atoms. The molecule has 1 saturated heterocycles. The van der Waals surface area contributed by atoms with Crippen LogP contribution in [0.5, 0.6) is 0 Å². The van der Waals surface area contributed by atoms with Crippen molar-refractivity contribution in [1.29, 1.82) is 0 Å². The van der Waals surface area contributed by atoms with Crippen LogP contribution in [0.3, 0.4) is 0 Å². The third-order valence-corrected chi connectivity index (χ3v) is 12.9. The van der Waals surface area contributed by atoms with Crippen LogP contribution < -0.4 is 15.4 Å². The highest BCUT2D eigenvalue weighted by molar-refractivity contribution is 7.91. The number of hydrogen-bond acceptors (Lipinski definition) is 9. The minimum absolute atomic E-state index is 0.0398. The predicted octanol–water partition coefficient (Wildman–Crippen LogP) is 3.15. The molecule has 14 nitrogen and oxygen atoms in total. The lowest BCUT2D eigenvalue weighted by molar-refractivity contribution is -0.141. The molecule has 6 aliphatic rings. The summed E-state index contributed by atoms with van der Waals surface area (Å²) in [5.41, 5.74) is 0.520. The van der Waals surface area contributed by atoms with Gasteiger partial charge in [0, 0.05) is 25.4 Å². The zero-order valence-electron chi connectivity index (χ0n) is 28.7. The molecule has 276 valence electrons. The molecule has 5 atom stereocenters. The highest BCUT2D eigenvalue weighted by Crippen LogP contribution is 2.46. The maximum atomic E-state index is 14.3. The van der Waals surface area contributed by atoms with Crippen LogP contribution in [0.25, 0.3) is 0 Å². The van der Waals surface area contributed by atoms with Gasteiger partial charge in [-0.25, -0.2) is 18.0 Å². The fraction of sp³-hybridized carbons (Fsp3) is 0.639. The van der Waals surface area contributed by atoms with Crippen LogP contribution in [0, 0.1) is 5.92 Å². The van der Waals surface area contributed by atoms with Crippen LogP contribution in [-0.4, -0.2) is 89.8 Å². The number of sulfonamides is 1. The summed E-state index contributed by atoms with van der Waals surface area (Å²) in [6.07, 6.45) is 9.24. The molecule has 3 N–H and O–H groups in total. The highest BCUT2D eigenvalue weighted by Gasteiger charge is 2.62. The normalized spacial score (nSPS) is 30.5. The standard InChI is InChI=1S/C36H47N5O9S/c42-31-30-18-27(50-35(46)40-20-23-10-6-7-11-24(23)21-40)22-41(30)32(43)29(37-34(45)49-26-13-8-9-14-26)15-5-3-1-2-4-12-25-19-36(25,38-31)33(44)39-51(47,48)28-16-17-28/h4,6-7,10-12,25-30H,1-3,5,8-9,13-22H2,(H,37,45)(H,38,42)(H,39,44)/b12-4-/t25?,27-,29-,30+,36-/m1/s1. The quantitative estimate of drug-likeness (QED) is 0.372. The molecule has 0 aromatic heterocycles. The van der Waals surface area contributed by atoms with E-state index < -0.39 is 74.8 Å². The van der Waals surface area contributed by atoms with Gasteiger partial charge in [0.15, 0.2) is 0 Å². The molecule has 3 aliphatic carbocycles. The van der Waals surface area contributed by atoms with Crippen molar-refractivity contribution in [3.8, 4) is 0 Å². The molecule has 5 amide bonds. The molecule has 3 aliphatic heterocycles. The van der Waals surface area contributed by atoms with E-state index in [0.717, 1.165) is 49.7 Å². The van der Waals surface area contributed by atoms with Gasteiger partial charge < -0.3 is 25.0 Å². The van der Waals surface area contributed by atoms with Gasteiger partial charge in [0.25, 0.3) is 5.91 Å². The summed E-state index contributed by atoms with van der Waals surface area (Å²) in [6.45, 7) is 0.650. The van der Waals surface area contributed by atoms with Gasteiger partial charge in [-0.2, -0.15) is 0 Å². The Morgan fingerprint density at radius 3 is 2.29 bits per heavy atom. The van der Waals surface area contributed by atoms with Gasteiger partial charge >= 0.3 is 12.2 Å². The van der Waals surface area contributed by atoms with E-state index in [0.29, 0.717) is 45.2 Å². The van der Waals surface area contributed by atoms with Crippen molar-refractivity contribution in [1.82, 2.24) is 25.2 Å². The van der Waals surface area contributed by atoms with Crippen LogP contribution in [0.4, 0.5) is 9.59 Å². The van der Waals surface area contributed by atoms with Gasteiger partial charge in [0.1, 0.15) is 29.8 Å². The van der Waals surface area contributed by atoms with Crippen LogP contribution in [0.15, 0.2) is 36.4 Å². The van der Waals surface area contributed by atoms with Crippen molar-refractivity contribution in [3.05, 3.63) is 47.5 Å². The van der Waals surface area contributed by atoms with Gasteiger partial charge in [-0.15, -0.1) is 0 Å². The van der Waals surface area contributed by atoms with Crippen molar-refractivity contribution in [2.75, 3.05) is 6.54 Å². The van der Waals surface area contributed by atoms with Crippen molar-refractivity contribution >= 4 is 39.9 Å². The zero-order chi connectivity index (χ0) is 35.8. The molecule has 1 aromatic carbocycles. The monoisotopic (exact) mass is 725 g/mol. The van der Waals surface area contributed by atoms with Crippen LogP contribution in [-0.2, 0) is 47.0 Å². The predicted molar refractivity (Wildman–Crippen MR) is 183 cm³/mol. The molecule has 15 heteroatoms. The first-order valence-corrected chi connectivity index (χ1v) is 19.9. The summed E-state index contributed by atoms with van der Waals surface area (Å²) in [7, 11) is -3.89. The summed E-state index contributed by atoms with van der Waals surface area (Å²) in [5, 5.41) is 4.97. The van der Waals surface area contributed by atoms with Gasteiger partial charge in [0.2, 0.25) is 21.8 Å². The smallest absolute Gasteiger partial charge is 0.410 e. The largest absolute Gasteiger partial charge is 0.446 e. The highest BCUT2D eigenvalue weighted by atomic mass is 32.2. The number of rotatable bonds is 6. The van der Waals surface area contributed by atoms with E-state index in [1.54, 1.807) is 4.90 Å². The maximum absolute atomic E-state index is 14.3. The number of allylic oxidation sites excluding steroid dienone is 1. The molecular formula is C36H47N5O9S. The molecule has 1 aromatic rings. The summed E-state index contributed by atoms with van der Waals surface area (Å²) < 4.78 is 39.3. The molecule has 3 heterocycles. The molecule has 3 saturated carbocycles. The van der Waals surface area contributed by atoms with E-state index in [1.807, 2.05) is 36.4 Å². The lowest BCUT2D eigenvalue weighted by Crippen LogP contribution is -2.58. The first-order valence-electron chi connectivity index (χ1n) is 18.4. The van der Waals surface area contributed by atoms with E-state index in [1.165, 1.54) is 4.90 Å². The zero-order valence-corrected chi connectivity index (χ0v) is 29.5. The number of carbonyl (C=O) groups is 5. The first-order chi connectivity index (χ1) is 24.5. The number of hydrogen-bond donors (Lipinski definition) is 3. The molecule has 1 unspecified atom stereocenters. The van der Waals surface area contributed by atoms with E-state index in [2.05, 4.69) is 15.4 Å². The molecule has 0 radical (unpaired) electrons. The Morgan fingerprint density at radius 1 is 0.882 bits per heavy atom. The molecule has 51 heavy (non-hydrogen) atoms. The number of nitrogens with zero attached hydrogens (tertiary/aromatic N) is 2. The summed E-state index contributed by atoms with van der Waals surface area (Å²) in [6, 6.07) is 5.56. The number of benzene rings is 1. The average Bonchev–Trinajstić information content (AvgIpc) is 3.88. The number of nitrogens with one attached hydrogen (secondary N) is 3. The van der Waals surface area contributed by atoms with Crippen LogP contribution in [0.2, 0.25) is 0 Å². The van der Waals surface area contributed by atoms with Gasteiger partial charge in [0.05, 0.1) is 11.8 Å². The fourth-order valence-electron chi connectivity index (χ4n) is 7.86. The Morgan fingerprint density at radius 2 is 1.59 bits per heavy atom. The molecule has 7 rings (SSSR count). The van der Waals surface area contributed by atoms with E-state index in [4.69, 9.17) is 9.47 Å². The van der Waals surface area contributed by atoms with Gasteiger partial charge in [-0.3, -0.25) is 24.0 Å². The summed E-state index contributed by atoms with van der Waals surface area (Å²) in [5.74, 6) is -2.41. The van der Waals surface area contributed by atoms with Crippen molar-refractivity contribution in [2.24, 2.45) is 5.92 Å². The second kappa shape index (κ2) is 14.5. The summed E-state index contributed by atoms with van der Waals surface area (Å²) >= 11 is 0. The van der Waals surface area contributed by atoms with Gasteiger partial charge in [-0.05, 0) is 75.3 Å². The Labute approximate surface area is 298 Å². The molecule has 4 fully saturated rings. The SMILES string of the molecule is O=C(N[C@@H]1CCCCC/C=C\C2C[C@@]2(C(=O)NS(=O)(=O)C2CC2)NC(=O)[C@@H]2C[C@@H](OC(=O)N3Cc4ccccc4C3)CN2C1=O)OC1CCCC1. The third-order valence-electron chi connectivity index (χ3n) is 11.1. The van der Waals surface area contributed by atoms with E-state index >= 15 is 0 Å². The lowest BCUT2D eigenvalue weighted by atomic mass is 10.0. The Balaban J connectivity index is 1.12.